The van der Waals surface area contributed by atoms with Crippen molar-refractivity contribution in [3.05, 3.63) is 99.8 Å². The van der Waals surface area contributed by atoms with Crippen molar-refractivity contribution in [3.63, 3.8) is 0 Å². The summed E-state index contributed by atoms with van der Waals surface area (Å²) >= 11 is 5.98. The van der Waals surface area contributed by atoms with E-state index < -0.39 is 5.82 Å². The van der Waals surface area contributed by atoms with E-state index in [9.17, 15) is 9.18 Å². The van der Waals surface area contributed by atoms with Crippen molar-refractivity contribution in [2.45, 2.75) is 50.9 Å². The number of piperidine rings is 2. The van der Waals surface area contributed by atoms with Crippen LogP contribution in [0.3, 0.4) is 0 Å². The van der Waals surface area contributed by atoms with Crippen LogP contribution in [0.15, 0.2) is 66.7 Å². The van der Waals surface area contributed by atoms with Gasteiger partial charge < -0.3 is 10.1 Å². The number of ether oxygens (including phenoxy) is 1. The van der Waals surface area contributed by atoms with Gasteiger partial charge in [-0.05, 0) is 79.3 Å². The molecule has 0 aromatic heterocycles. The van der Waals surface area contributed by atoms with Crippen LogP contribution in [0.5, 0.6) is 5.75 Å². The Labute approximate surface area is 240 Å². The third-order valence-electron chi connectivity index (χ3n) is 7.75. The number of carbonyl (C=O) groups excluding carboxylic acids is 1. The van der Waals surface area contributed by atoms with Crippen LogP contribution in [0.1, 0.15) is 52.7 Å². The number of likely N-dealkylation sites (tertiary alicyclic amines) is 2. The molecule has 8 heteroatoms. The van der Waals surface area contributed by atoms with Gasteiger partial charge in [0, 0.05) is 55.9 Å². The number of nitriles is 1. The molecule has 0 atom stereocenters. The molecule has 2 fully saturated rings. The highest BCUT2D eigenvalue weighted by molar-refractivity contribution is 6.30. The Morgan fingerprint density at radius 1 is 0.900 bits per heavy atom. The Kier molecular flexibility index (Phi) is 9.33. The molecule has 0 bridgehead atoms. The number of hydrogen-bond donors (Lipinski definition) is 1. The van der Waals surface area contributed by atoms with Crippen molar-refractivity contribution >= 4 is 17.5 Å². The molecule has 2 saturated heterocycles. The molecule has 6 nitrogen and oxygen atoms in total. The zero-order valence-corrected chi connectivity index (χ0v) is 23.2. The largest absolute Gasteiger partial charge is 0.487 e. The van der Waals surface area contributed by atoms with Gasteiger partial charge >= 0.3 is 0 Å². The average molecular weight is 561 g/mol. The molecule has 3 aromatic carbocycles. The first-order chi connectivity index (χ1) is 19.4. The van der Waals surface area contributed by atoms with E-state index in [0.29, 0.717) is 11.1 Å². The zero-order chi connectivity index (χ0) is 27.9. The molecular formula is C32H34ClFN4O2. The van der Waals surface area contributed by atoms with E-state index in [0.717, 1.165) is 70.0 Å². The van der Waals surface area contributed by atoms with Crippen LogP contribution >= 0.6 is 11.6 Å². The highest BCUT2D eigenvalue weighted by atomic mass is 35.5. The highest BCUT2D eigenvalue weighted by Gasteiger charge is 2.24. The van der Waals surface area contributed by atoms with Gasteiger partial charge in [0.2, 0.25) is 0 Å². The minimum Gasteiger partial charge on any atom is -0.487 e. The van der Waals surface area contributed by atoms with Gasteiger partial charge in [-0.2, -0.15) is 5.26 Å². The number of amides is 1. The third-order valence-corrected chi connectivity index (χ3v) is 8.01. The number of carbonyl (C=O) groups is 1. The predicted molar refractivity (Wildman–Crippen MR) is 154 cm³/mol. The molecule has 0 aliphatic carbocycles. The molecule has 0 spiro atoms. The summed E-state index contributed by atoms with van der Waals surface area (Å²) in [6.07, 6.45) is 3.24. The molecule has 5 rings (SSSR count). The lowest BCUT2D eigenvalue weighted by atomic mass is 10.0. The number of benzene rings is 3. The first-order valence-electron chi connectivity index (χ1n) is 13.9. The Balaban J connectivity index is 1.05. The molecule has 1 amide bonds. The third kappa shape index (κ3) is 7.60. The summed E-state index contributed by atoms with van der Waals surface area (Å²) in [7, 11) is 0. The standard InChI is InChI=1S/C32H34ClFN4O2/c33-27-8-5-25(6-9-27)22-37-15-11-28(12-16-37)36-32(39)26-7-10-31(30(34)19-26)40-29-13-17-38(18-14-29)21-24-3-1-23(20-35)2-4-24/h1-10,19,28-29H,11-18,21-22H2,(H,36,39). The molecule has 208 valence electrons. The van der Waals surface area contributed by atoms with E-state index in [-0.39, 0.29) is 23.8 Å². The number of rotatable bonds is 8. The fourth-order valence-corrected chi connectivity index (χ4v) is 5.52. The maximum Gasteiger partial charge on any atom is 0.251 e. The van der Waals surface area contributed by atoms with Crippen LogP contribution in [-0.2, 0) is 13.1 Å². The van der Waals surface area contributed by atoms with E-state index in [1.807, 2.05) is 48.5 Å². The lowest BCUT2D eigenvalue weighted by Gasteiger charge is -2.32. The topological polar surface area (TPSA) is 68.6 Å². The zero-order valence-electron chi connectivity index (χ0n) is 22.5. The summed E-state index contributed by atoms with van der Waals surface area (Å²) < 4.78 is 20.9. The van der Waals surface area contributed by atoms with E-state index >= 15 is 0 Å². The molecule has 2 heterocycles. The van der Waals surface area contributed by atoms with E-state index in [1.165, 1.54) is 17.2 Å². The van der Waals surface area contributed by atoms with Crippen LogP contribution in [0.4, 0.5) is 4.39 Å². The molecule has 2 aliphatic rings. The number of halogens is 2. The second-order valence-electron chi connectivity index (χ2n) is 10.7. The van der Waals surface area contributed by atoms with Gasteiger partial charge in [0.15, 0.2) is 11.6 Å². The van der Waals surface area contributed by atoms with Crippen LogP contribution in [0.2, 0.25) is 5.02 Å². The normalized spacial score (nSPS) is 17.3. The SMILES string of the molecule is N#Cc1ccc(CN2CCC(Oc3ccc(C(=O)NC4CCN(Cc5ccc(Cl)cc5)CC4)cc3F)CC2)cc1. The molecule has 1 N–H and O–H groups in total. The van der Waals surface area contributed by atoms with Crippen LogP contribution in [0, 0.1) is 17.1 Å². The maximum absolute atomic E-state index is 14.9. The van der Waals surface area contributed by atoms with Crippen molar-refractivity contribution in [1.82, 2.24) is 15.1 Å². The first kappa shape index (κ1) is 28.1. The van der Waals surface area contributed by atoms with Crippen LogP contribution in [-0.4, -0.2) is 54.0 Å². The van der Waals surface area contributed by atoms with Crippen molar-refractivity contribution in [2.75, 3.05) is 26.2 Å². The summed E-state index contributed by atoms with van der Waals surface area (Å²) in [5.74, 6) is -0.569. The number of hydrogen-bond acceptors (Lipinski definition) is 5. The fourth-order valence-electron chi connectivity index (χ4n) is 5.40. The number of nitrogens with zero attached hydrogens (tertiary/aromatic N) is 3. The summed E-state index contributed by atoms with van der Waals surface area (Å²) in [4.78, 5) is 17.5. The van der Waals surface area contributed by atoms with Crippen molar-refractivity contribution in [2.24, 2.45) is 0 Å². The minimum absolute atomic E-state index is 0.0653. The smallest absolute Gasteiger partial charge is 0.251 e. The van der Waals surface area contributed by atoms with E-state index in [1.54, 1.807) is 12.1 Å². The Morgan fingerprint density at radius 2 is 1.48 bits per heavy atom. The van der Waals surface area contributed by atoms with Gasteiger partial charge in [-0.15, -0.1) is 0 Å². The second kappa shape index (κ2) is 13.3. The van der Waals surface area contributed by atoms with Crippen LogP contribution < -0.4 is 10.1 Å². The molecule has 3 aromatic rings. The molecule has 2 aliphatic heterocycles. The summed E-state index contributed by atoms with van der Waals surface area (Å²) in [5.41, 5.74) is 3.36. The molecular weight excluding hydrogens is 527 g/mol. The maximum atomic E-state index is 14.9. The van der Waals surface area contributed by atoms with Gasteiger partial charge in [0.1, 0.15) is 6.10 Å². The molecule has 0 unspecified atom stereocenters. The molecule has 0 saturated carbocycles. The molecule has 40 heavy (non-hydrogen) atoms. The van der Waals surface area contributed by atoms with Crippen molar-refractivity contribution < 1.29 is 13.9 Å². The summed E-state index contributed by atoms with van der Waals surface area (Å²) in [5, 5.41) is 12.8. The first-order valence-corrected chi connectivity index (χ1v) is 14.3. The van der Waals surface area contributed by atoms with E-state index in [4.69, 9.17) is 21.6 Å². The van der Waals surface area contributed by atoms with Crippen molar-refractivity contribution in [1.29, 1.82) is 5.26 Å². The van der Waals surface area contributed by atoms with Gasteiger partial charge in [-0.3, -0.25) is 14.6 Å². The minimum atomic E-state index is -0.509. The second-order valence-corrected chi connectivity index (χ2v) is 11.1. The van der Waals surface area contributed by atoms with Crippen LogP contribution in [0.25, 0.3) is 0 Å². The van der Waals surface area contributed by atoms with Gasteiger partial charge in [-0.25, -0.2) is 4.39 Å². The lowest BCUT2D eigenvalue weighted by molar-refractivity contribution is 0.0904. The average Bonchev–Trinajstić information content (AvgIpc) is 2.97. The fraction of sp³-hybridized carbons (Fsp3) is 0.375. The Hall–Kier alpha value is -3.44. The lowest BCUT2D eigenvalue weighted by Crippen LogP contribution is -2.44. The van der Waals surface area contributed by atoms with Crippen molar-refractivity contribution in [3.8, 4) is 11.8 Å². The van der Waals surface area contributed by atoms with Gasteiger partial charge in [-0.1, -0.05) is 35.9 Å². The van der Waals surface area contributed by atoms with Gasteiger partial charge in [0.05, 0.1) is 11.6 Å². The Morgan fingerprint density at radius 3 is 2.05 bits per heavy atom. The highest BCUT2D eigenvalue weighted by Crippen LogP contribution is 2.24. The number of nitrogens with one attached hydrogen (secondary N) is 1. The quantitative estimate of drug-likeness (QED) is 0.378. The summed E-state index contributed by atoms with van der Waals surface area (Å²) in [6, 6.07) is 22.2. The molecule has 0 radical (unpaired) electrons. The monoisotopic (exact) mass is 560 g/mol. The van der Waals surface area contributed by atoms with Gasteiger partial charge in [0.25, 0.3) is 5.91 Å². The predicted octanol–water partition coefficient (Wildman–Crippen LogP) is 5.79. The summed E-state index contributed by atoms with van der Waals surface area (Å²) in [6.45, 7) is 5.16. The Bertz CT molecular complexity index is 1330. The van der Waals surface area contributed by atoms with E-state index in [2.05, 4.69) is 21.2 Å².